The van der Waals surface area contributed by atoms with Crippen molar-refractivity contribution in [2.45, 2.75) is 0 Å². The Kier molecular flexibility index (Phi) is 6.17. The van der Waals surface area contributed by atoms with Crippen molar-refractivity contribution in [2.75, 3.05) is 26.6 Å². The van der Waals surface area contributed by atoms with Crippen LogP contribution >= 0.6 is 0 Å². The first kappa shape index (κ1) is 18.8. The Labute approximate surface area is 150 Å². The van der Waals surface area contributed by atoms with E-state index in [1.54, 1.807) is 24.3 Å². The fourth-order valence-corrected chi connectivity index (χ4v) is 2.29. The minimum atomic E-state index is -0.741. The van der Waals surface area contributed by atoms with Gasteiger partial charge in [-0.1, -0.05) is 12.1 Å². The maximum Gasteiger partial charge on any atom is 0.266 e. The van der Waals surface area contributed by atoms with Gasteiger partial charge in [-0.15, -0.1) is 0 Å². The highest BCUT2D eigenvalue weighted by atomic mass is 19.1. The van der Waals surface area contributed by atoms with E-state index in [0.717, 1.165) is 0 Å². The minimum absolute atomic E-state index is 0.0158. The van der Waals surface area contributed by atoms with Gasteiger partial charge in [0.05, 0.1) is 27.0 Å². The van der Waals surface area contributed by atoms with E-state index in [1.807, 2.05) is 0 Å². The van der Waals surface area contributed by atoms with Crippen LogP contribution in [0.25, 0.3) is 6.08 Å². The van der Waals surface area contributed by atoms with Crippen molar-refractivity contribution in [3.05, 3.63) is 53.4 Å². The van der Waals surface area contributed by atoms with Crippen LogP contribution in [0.2, 0.25) is 0 Å². The molecule has 26 heavy (non-hydrogen) atoms. The van der Waals surface area contributed by atoms with Gasteiger partial charge in [0, 0.05) is 5.56 Å². The number of carbonyl (C=O) groups is 1. The lowest BCUT2D eigenvalue weighted by molar-refractivity contribution is -0.112. The van der Waals surface area contributed by atoms with Gasteiger partial charge in [0.15, 0.2) is 11.5 Å². The van der Waals surface area contributed by atoms with Crippen molar-refractivity contribution >= 4 is 17.7 Å². The molecule has 2 aromatic carbocycles. The van der Waals surface area contributed by atoms with Crippen molar-refractivity contribution in [1.29, 1.82) is 5.26 Å². The van der Waals surface area contributed by atoms with Gasteiger partial charge in [0.1, 0.15) is 17.5 Å². The summed E-state index contributed by atoms with van der Waals surface area (Å²) >= 11 is 0. The van der Waals surface area contributed by atoms with Gasteiger partial charge in [0.25, 0.3) is 5.91 Å². The maximum absolute atomic E-state index is 13.7. The predicted molar refractivity (Wildman–Crippen MR) is 94.7 cm³/mol. The van der Waals surface area contributed by atoms with Crippen LogP contribution in [-0.2, 0) is 4.79 Å². The van der Waals surface area contributed by atoms with Crippen LogP contribution in [0.5, 0.6) is 17.2 Å². The SMILES string of the molecule is COc1ccc(/C=C(/C#N)C(=O)Nc2ccccc2F)c(OC)c1OC. The number of carbonyl (C=O) groups excluding carboxylic acids is 1. The topological polar surface area (TPSA) is 80.6 Å². The Hall–Kier alpha value is -3.53. The molecule has 2 aromatic rings. The first-order chi connectivity index (χ1) is 12.5. The highest BCUT2D eigenvalue weighted by molar-refractivity contribution is 6.10. The number of halogens is 1. The monoisotopic (exact) mass is 356 g/mol. The van der Waals surface area contributed by atoms with Gasteiger partial charge < -0.3 is 19.5 Å². The molecular weight excluding hydrogens is 339 g/mol. The Balaban J connectivity index is 2.41. The average Bonchev–Trinajstić information content (AvgIpc) is 2.66. The zero-order valence-electron chi connectivity index (χ0n) is 14.5. The smallest absolute Gasteiger partial charge is 0.266 e. The number of anilines is 1. The molecule has 0 atom stereocenters. The first-order valence-corrected chi connectivity index (χ1v) is 7.52. The molecule has 0 heterocycles. The number of nitrogens with one attached hydrogen (secondary N) is 1. The normalized spacial score (nSPS) is 10.7. The van der Waals surface area contributed by atoms with Crippen molar-refractivity contribution in [3.63, 3.8) is 0 Å². The van der Waals surface area contributed by atoms with Crippen LogP contribution in [0.15, 0.2) is 42.0 Å². The Morgan fingerprint density at radius 2 is 1.77 bits per heavy atom. The van der Waals surface area contributed by atoms with E-state index in [1.165, 1.54) is 45.6 Å². The summed E-state index contributed by atoms with van der Waals surface area (Å²) in [7, 11) is 4.36. The molecule has 1 amide bonds. The summed E-state index contributed by atoms with van der Waals surface area (Å²) in [5.41, 5.74) is 0.196. The minimum Gasteiger partial charge on any atom is -0.493 e. The molecule has 134 valence electrons. The number of nitrogens with zero attached hydrogens (tertiary/aromatic N) is 1. The molecule has 0 radical (unpaired) electrons. The van der Waals surface area contributed by atoms with Crippen LogP contribution in [0.1, 0.15) is 5.56 Å². The predicted octanol–water partition coefficient (Wildman–Crippen LogP) is 3.40. The summed E-state index contributed by atoms with van der Waals surface area (Å²) in [4.78, 5) is 12.3. The van der Waals surface area contributed by atoms with E-state index in [4.69, 9.17) is 14.2 Å². The number of para-hydroxylation sites is 1. The summed E-state index contributed by atoms with van der Waals surface area (Å²) in [6.45, 7) is 0. The first-order valence-electron chi connectivity index (χ1n) is 7.52. The van der Waals surface area contributed by atoms with E-state index in [2.05, 4.69) is 5.32 Å². The summed E-state index contributed by atoms with van der Waals surface area (Å²) in [5, 5.41) is 11.7. The third-order valence-corrected chi connectivity index (χ3v) is 3.52. The number of hydrogen-bond donors (Lipinski definition) is 1. The zero-order chi connectivity index (χ0) is 19.1. The third kappa shape index (κ3) is 3.92. The molecular formula is C19H17FN2O4. The molecule has 0 aliphatic carbocycles. The van der Waals surface area contributed by atoms with E-state index in [0.29, 0.717) is 22.8 Å². The number of rotatable bonds is 6. The number of hydrogen-bond acceptors (Lipinski definition) is 5. The molecule has 0 unspecified atom stereocenters. The second-order valence-electron chi connectivity index (χ2n) is 5.03. The highest BCUT2D eigenvalue weighted by Crippen LogP contribution is 2.40. The fraction of sp³-hybridized carbons (Fsp3) is 0.158. The molecule has 0 aliphatic heterocycles. The third-order valence-electron chi connectivity index (χ3n) is 3.52. The van der Waals surface area contributed by atoms with Crippen molar-refractivity contribution in [3.8, 4) is 23.3 Å². The van der Waals surface area contributed by atoms with Crippen molar-refractivity contribution in [1.82, 2.24) is 0 Å². The van der Waals surface area contributed by atoms with Crippen molar-refractivity contribution < 1.29 is 23.4 Å². The molecule has 2 rings (SSSR count). The van der Waals surface area contributed by atoms with Crippen LogP contribution < -0.4 is 19.5 Å². The van der Waals surface area contributed by atoms with E-state index in [9.17, 15) is 14.4 Å². The largest absolute Gasteiger partial charge is 0.493 e. The van der Waals surface area contributed by atoms with Gasteiger partial charge in [-0.2, -0.15) is 5.26 Å². The molecule has 0 aromatic heterocycles. The summed E-state index contributed by atoms with van der Waals surface area (Å²) < 4.78 is 29.5. The fourth-order valence-electron chi connectivity index (χ4n) is 2.29. The van der Waals surface area contributed by atoms with Crippen LogP contribution in [0.4, 0.5) is 10.1 Å². The van der Waals surface area contributed by atoms with Crippen LogP contribution in [0.3, 0.4) is 0 Å². The average molecular weight is 356 g/mol. The van der Waals surface area contributed by atoms with E-state index in [-0.39, 0.29) is 11.3 Å². The summed E-state index contributed by atoms with van der Waals surface area (Å²) in [5.74, 6) is -0.263. The lowest BCUT2D eigenvalue weighted by Crippen LogP contribution is -2.14. The lowest BCUT2D eigenvalue weighted by atomic mass is 10.1. The van der Waals surface area contributed by atoms with Gasteiger partial charge >= 0.3 is 0 Å². The van der Waals surface area contributed by atoms with E-state index < -0.39 is 11.7 Å². The molecule has 7 heteroatoms. The summed E-state index contributed by atoms with van der Waals surface area (Å²) in [6, 6.07) is 10.7. The number of nitriles is 1. The molecule has 0 saturated heterocycles. The van der Waals surface area contributed by atoms with Gasteiger partial charge in [-0.05, 0) is 30.3 Å². The molecule has 0 spiro atoms. The van der Waals surface area contributed by atoms with Gasteiger partial charge in [-0.25, -0.2) is 4.39 Å². The number of ether oxygens (including phenoxy) is 3. The second kappa shape index (κ2) is 8.53. The van der Waals surface area contributed by atoms with E-state index >= 15 is 0 Å². The standard InChI is InChI=1S/C19H17FN2O4/c1-24-16-9-8-12(17(25-2)18(16)26-3)10-13(11-21)19(23)22-15-7-5-4-6-14(15)20/h4-10H,1-3H3,(H,22,23)/b13-10-. The summed E-state index contributed by atoms with van der Waals surface area (Å²) in [6.07, 6.45) is 1.33. The van der Waals surface area contributed by atoms with Gasteiger partial charge in [0.2, 0.25) is 5.75 Å². The molecule has 6 nitrogen and oxygen atoms in total. The zero-order valence-corrected chi connectivity index (χ0v) is 14.5. The quantitative estimate of drug-likeness (QED) is 0.634. The highest BCUT2D eigenvalue weighted by Gasteiger charge is 2.17. The molecule has 0 saturated carbocycles. The number of benzene rings is 2. The Morgan fingerprint density at radius 3 is 2.35 bits per heavy atom. The van der Waals surface area contributed by atoms with Crippen LogP contribution in [0, 0.1) is 17.1 Å². The number of methoxy groups -OCH3 is 3. The molecule has 0 fully saturated rings. The number of amides is 1. The Morgan fingerprint density at radius 1 is 1.08 bits per heavy atom. The lowest BCUT2D eigenvalue weighted by Gasteiger charge is -2.14. The Bertz CT molecular complexity index is 888. The van der Waals surface area contributed by atoms with Crippen molar-refractivity contribution in [2.24, 2.45) is 0 Å². The molecule has 0 aliphatic rings. The molecule has 0 bridgehead atoms. The second-order valence-corrected chi connectivity index (χ2v) is 5.03. The van der Waals surface area contributed by atoms with Gasteiger partial charge in [-0.3, -0.25) is 4.79 Å². The van der Waals surface area contributed by atoms with Crippen LogP contribution in [-0.4, -0.2) is 27.2 Å². The molecule has 1 N–H and O–H groups in total. The maximum atomic E-state index is 13.7.